The summed E-state index contributed by atoms with van der Waals surface area (Å²) < 4.78 is 5.92. The second-order valence-corrected chi connectivity index (χ2v) is 5.47. The zero-order valence-electron chi connectivity index (χ0n) is 8.52. The van der Waals surface area contributed by atoms with Crippen LogP contribution in [0.2, 0.25) is 0 Å². The predicted molar refractivity (Wildman–Crippen MR) is 50.1 cm³/mol. The van der Waals surface area contributed by atoms with Gasteiger partial charge < -0.3 is 4.74 Å². The smallest absolute Gasteiger partial charge is 0.0716 e. The van der Waals surface area contributed by atoms with Crippen LogP contribution in [0.4, 0.5) is 0 Å². The largest absolute Gasteiger partial charge is 0.375 e. The van der Waals surface area contributed by atoms with Gasteiger partial charge in [-0.15, -0.1) is 0 Å². The Labute approximate surface area is 75.5 Å². The summed E-state index contributed by atoms with van der Waals surface area (Å²) in [7, 11) is 0. The van der Waals surface area contributed by atoms with Crippen molar-refractivity contribution in [2.24, 2.45) is 11.3 Å². The lowest BCUT2D eigenvalue weighted by molar-refractivity contribution is -0.147. The SMILES string of the molecule is CC(C)(C)C1CC[C@]12CCCO2. The third-order valence-electron chi connectivity index (χ3n) is 3.67. The average Bonchev–Trinajstić information content (AvgIpc) is 2.28. The van der Waals surface area contributed by atoms with E-state index in [9.17, 15) is 0 Å². The second-order valence-electron chi connectivity index (χ2n) is 5.47. The molecule has 1 aliphatic carbocycles. The summed E-state index contributed by atoms with van der Waals surface area (Å²) in [4.78, 5) is 0. The monoisotopic (exact) mass is 168 g/mol. The van der Waals surface area contributed by atoms with Gasteiger partial charge in [-0.25, -0.2) is 0 Å². The molecule has 1 saturated carbocycles. The van der Waals surface area contributed by atoms with E-state index in [-0.39, 0.29) is 0 Å². The Morgan fingerprint density at radius 2 is 2.00 bits per heavy atom. The zero-order chi connectivity index (χ0) is 8.82. The fraction of sp³-hybridized carbons (Fsp3) is 1.00. The molecule has 0 radical (unpaired) electrons. The Balaban J connectivity index is 2.09. The molecular formula is C11H20O. The molecule has 0 bridgehead atoms. The van der Waals surface area contributed by atoms with E-state index < -0.39 is 0 Å². The highest BCUT2D eigenvalue weighted by Crippen LogP contribution is 2.55. The van der Waals surface area contributed by atoms with Crippen LogP contribution in [0.15, 0.2) is 0 Å². The van der Waals surface area contributed by atoms with E-state index in [4.69, 9.17) is 4.74 Å². The van der Waals surface area contributed by atoms with Crippen LogP contribution in [0.3, 0.4) is 0 Å². The van der Waals surface area contributed by atoms with Crippen molar-refractivity contribution in [2.45, 2.75) is 52.1 Å². The third kappa shape index (κ3) is 1.10. The lowest BCUT2D eigenvalue weighted by Gasteiger charge is -2.52. The molecule has 2 fully saturated rings. The third-order valence-corrected chi connectivity index (χ3v) is 3.67. The molecule has 0 aromatic rings. The maximum atomic E-state index is 5.92. The van der Waals surface area contributed by atoms with Crippen molar-refractivity contribution in [3.8, 4) is 0 Å². The predicted octanol–water partition coefficient (Wildman–Crippen LogP) is 2.99. The molecule has 1 heteroatoms. The van der Waals surface area contributed by atoms with Crippen molar-refractivity contribution < 1.29 is 4.74 Å². The van der Waals surface area contributed by atoms with E-state index in [1.165, 1.54) is 25.7 Å². The normalized spacial score (nSPS) is 41.8. The summed E-state index contributed by atoms with van der Waals surface area (Å²) in [6.07, 6.45) is 5.29. The van der Waals surface area contributed by atoms with E-state index in [1.807, 2.05) is 0 Å². The topological polar surface area (TPSA) is 9.23 Å². The molecule has 0 amide bonds. The Kier molecular flexibility index (Phi) is 1.76. The molecule has 0 aromatic heterocycles. The second kappa shape index (κ2) is 2.47. The van der Waals surface area contributed by atoms with Gasteiger partial charge in [0.15, 0.2) is 0 Å². The van der Waals surface area contributed by atoms with Gasteiger partial charge in [0.1, 0.15) is 0 Å². The van der Waals surface area contributed by atoms with Crippen molar-refractivity contribution >= 4 is 0 Å². The average molecular weight is 168 g/mol. The van der Waals surface area contributed by atoms with Gasteiger partial charge in [0.25, 0.3) is 0 Å². The molecule has 70 valence electrons. The van der Waals surface area contributed by atoms with Crippen LogP contribution in [0.5, 0.6) is 0 Å². The van der Waals surface area contributed by atoms with Crippen molar-refractivity contribution in [3.63, 3.8) is 0 Å². The Morgan fingerprint density at radius 1 is 1.25 bits per heavy atom. The van der Waals surface area contributed by atoms with Crippen LogP contribution < -0.4 is 0 Å². The van der Waals surface area contributed by atoms with Crippen LogP contribution in [-0.4, -0.2) is 12.2 Å². The molecule has 2 atom stereocenters. The summed E-state index contributed by atoms with van der Waals surface area (Å²) >= 11 is 0. The molecule has 2 aliphatic rings. The summed E-state index contributed by atoms with van der Waals surface area (Å²) in [5.74, 6) is 0.812. The lowest BCUT2D eigenvalue weighted by atomic mass is 9.57. The van der Waals surface area contributed by atoms with Gasteiger partial charge in [0, 0.05) is 6.61 Å². The zero-order valence-corrected chi connectivity index (χ0v) is 8.52. The minimum atomic E-state index is 0.318. The minimum Gasteiger partial charge on any atom is -0.375 e. The Hall–Kier alpha value is -0.0400. The van der Waals surface area contributed by atoms with Gasteiger partial charge in [0.2, 0.25) is 0 Å². The highest BCUT2D eigenvalue weighted by atomic mass is 16.5. The molecule has 0 aromatic carbocycles. The maximum absolute atomic E-state index is 5.92. The van der Waals surface area contributed by atoms with Crippen molar-refractivity contribution in [1.29, 1.82) is 0 Å². The highest BCUT2D eigenvalue weighted by Gasteiger charge is 2.53. The molecule has 1 heterocycles. The first-order valence-corrected chi connectivity index (χ1v) is 5.19. The van der Waals surface area contributed by atoms with E-state index in [0.717, 1.165) is 12.5 Å². The molecule has 1 saturated heterocycles. The van der Waals surface area contributed by atoms with Gasteiger partial charge in [-0.05, 0) is 37.0 Å². The number of rotatable bonds is 0. The molecule has 1 spiro atoms. The van der Waals surface area contributed by atoms with Gasteiger partial charge in [0.05, 0.1) is 5.60 Å². The van der Waals surface area contributed by atoms with Gasteiger partial charge in [-0.1, -0.05) is 20.8 Å². The molecule has 1 nitrogen and oxygen atoms in total. The Bertz CT molecular complexity index is 172. The highest BCUT2D eigenvalue weighted by molar-refractivity contribution is 5.04. The van der Waals surface area contributed by atoms with Gasteiger partial charge in [-0.2, -0.15) is 0 Å². The molecule has 0 N–H and O–H groups in total. The van der Waals surface area contributed by atoms with Gasteiger partial charge in [-0.3, -0.25) is 0 Å². The van der Waals surface area contributed by atoms with E-state index in [0.29, 0.717) is 11.0 Å². The van der Waals surface area contributed by atoms with Crippen LogP contribution in [0.1, 0.15) is 46.5 Å². The summed E-state index contributed by atoms with van der Waals surface area (Å²) in [6.45, 7) is 8.05. The summed E-state index contributed by atoms with van der Waals surface area (Å²) in [5, 5.41) is 0. The van der Waals surface area contributed by atoms with Crippen LogP contribution >= 0.6 is 0 Å². The molecule has 1 aliphatic heterocycles. The minimum absolute atomic E-state index is 0.318. The van der Waals surface area contributed by atoms with Crippen molar-refractivity contribution in [1.82, 2.24) is 0 Å². The lowest BCUT2D eigenvalue weighted by Crippen LogP contribution is -2.52. The maximum Gasteiger partial charge on any atom is 0.0716 e. The number of hydrogen-bond donors (Lipinski definition) is 0. The molecule has 1 unspecified atom stereocenters. The molecule has 2 rings (SSSR count). The standard InChI is InChI=1S/C11H20O/c1-10(2,3)9-5-7-11(9)6-4-8-12-11/h9H,4-8H2,1-3H3/t9?,11-/m1/s1. The first-order valence-electron chi connectivity index (χ1n) is 5.19. The Morgan fingerprint density at radius 3 is 2.33 bits per heavy atom. The first-order chi connectivity index (χ1) is 5.55. The summed E-state index contributed by atoms with van der Waals surface area (Å²) in [6, 6.07) is 0. The van der Waals surface area contributed by atoms with Crippen molar-refractivity contribution in [3.05, 3.63) is 0 Å². The number of ether oxygens (including phenoxy) is 1. The fourth-order valence-electron chi connectivity index (χ4n) is 3.02. The van der Waals surface area contributed by atoms with E-state index in [1.54, 1.807) is 0 Å². The molecular weight excluding hydrogens is 148 g/mol. The summed E-state index contributed by atoms with van der Waals surface area (Å²) in [5.41, 5.74) is 0.765. The van der Waals surface area contributed by atoms with Crippen molar-refractivity contribution in [2.75, 3.05) is 6.61 Å². The van der Waals surface area contributed by atoms with Crippen LogP contribution in [0.25, 0.3) is 0 Å². The first kappa shape index (κ1) is 8.55. The van der Waals surface area contributed by atoms with Crippen LogP contribution in [0, 0.1) is 11.3 Å². The van der Waals surface area contributed by atoms with Gasteiger partial charge >= 0.3 is 0 Å². The quantitative estimate of drug-likeness (QED) is 0.540. The number of hydrogen-bond acceptors (Lipinski definition) is 1. The van der Waals surface area contributed by atoms with Crippen LogP contribution in [-0.2, 0) is 4.74 Å². The fourth-order valence-corrected chi connectivity index (χ4v) is 3.02. The molecule has 12 heavy (non-hydrogen) atoms. The van der Waals surface area contributed by atoms with E-state index in [2.05, 4.69) is 20.8 Å². The van der Waals surface area contributed by atoms with E-state index >= 15 is 0 Å².